The molecule has 7 heteroatoms. The Bertz CT molecular complexity index is 545. The zero-order valence-corrected chi connectivity index (χ0v) is 10.9. The van der Waals surface area contributed by atoms with Crippen molar-refractivity contribution in [3.63, 3.8) is 0 Å². The van der Waals surface area contributed by atoms with E-state index in [2.05, 4.69) is 18.6 Å². The average molecular weight is 235 g/mol. The van der Waals surface area contributed by atoms with E-state index in [1.54, 1.807) is 12.1 Å². The molecule has 0 bridgehead atoms. The second-order valence-electron chi connectivity index (χ2n) is 2.42. The maximum Gasteiger partial charge on any atom is 0.391 e. The van der Waals surface area contributed by atoms with Crippen LogP contribution in [0.5, 0.6) is 0 Å². The third-order valence-electron chi connectivity index (χ3n) is 1.61. The third kappa shape index (κ3) is 2.70. The van der Waals surface area contributed by atoms with E-state index >= 15 is 0 Å². The summed E-state index contributed by atoms with van der Waals surface area (Å²) in [6.07, 6.45) is 0. The largest absolute Gasteiger partial charge is 0.391 e. The minimum Gasteiger partial charge on any atom is -0.241 e. The van der Waals surface area contributed by atoms with Gasteiger partial charge in [-0.25, -0.2) is 18.7 Å². The van der Waals surface area contributed by atoms with Crippen molar-refractivity contribution in [2.75, 3.05) is 0 Å². The fourth-order valence-corrected chi connectivity index (χ4v) is 1.02. The van der Waals surface area contributed by atoms with Gasteiger partial charge in [0.1, 0.15) is 0 Å². The molecule has 1 heterocycles. The van der Waals surface area contributed by atoms with Gasteiger partial charge in [0.05, 0.1) is 10.8 Å². The Labute approximate surface area is 124 Å². The Morgan fingerprint density at radius 2 is 1.20 bits per heavy atom. The van der Waals surface area contributed by atoms with Crippen molar-refractivity contribution in [2.24, 2.45) is 0 Å². The first-order valence-corrected chi connectivity index (χ1v) is 3.64. The van der Waals surface area contributed by atoms with Crippen LogP contribution >= 0.6 is 0 Å². The summed E-state index contributed by atoms with van der Waals surface area (Å²) >= 11 is 0. The van der Waals surface area contributed by atoms with E-state index in [9.17, 15) is 9.59 Å². The van der Waals surface area contributed by atoms with Gasteiger partial charge in [-0.3, -0.25) is 0 Å². The summed E-state index contributed by atoms with van der Waals surface area (Å²) < 4.78 is 15.9. The maximum atomic E-state index is 11.2. The zero-order chi connectivity index (χ0) is 9.97. The van der Waals surface area contributed by atoms with Crippen LogP contribution in [0.4, 0.5) is 0 Å². The monoisotopic (exact) mass is 235 g/mol. The van der Waals surface area contributed by atoms with E-state index in [0.29, 0.717) is 0 Å². The quantitative estimate of drug-likeness (QED) is 0.493. The summed E-state index contributed by atoms with van der Waals surface area (Å²) in [5, 5.41) is 0.113. The molecule has 0 atom stereocenters. The van der Waals surface area contributed by atoms with E-state index in [1.165, 1.54) is 12.1 Å². The topological polar surface area (TPSA) is 86.7 Å². The molecule has 0 N–H and O–H groups in total. The molecular formula is C8H4KO6. The van der Waals surface area contributed by atoms with Crippen LogP contribution in [-0.2, 0) is 0 Å². The van der Waals surface area contributed by atoms with Crippen LogP contribution in [-0.4, -0.2) is 51.4 Å². The molecule has 0 amide bonds. The summed E-state index contributed by atoms with van der Waals surface area (Å²) in [5.41, 5.74) is -1.64. The summed E-state index contributed by atoms with van der Waals surface area (Å²) in [7, 11) is 0. The van der Waals surface area contributed by atoms with Crippen LogP contribution in [0.2, 0.25) is 0 Å². The molecule has 2 rings (SSSR count). The van der Waals surface area contributed by atoms with Crippen molar-refractivity contribution in [1.82, 2.24) is 0 Å². The Kier molecular flexibility index (Phi) is 4.55. The molecule has 0 spiro atoms. The first-order chi connectivity index (χ1) is 6.79. The van der Waals surface area contributed by atoms with Crippen molar-refractivity contribution < 1.29 is 18.6 Å². The number of rotatable bonds is 0. The fraction of sp³-hybridized carbons (Fsp3) is 0. The van der Waals surface area contributed by atoms with E-state index in [0.717, 1.165) is 0 Å². The van der Waals surface area contributed by atoms with Crippen molar-refractivity contribution in [2.45, 2.75) is 0 Å². The van der Waals surface area contributed by atoms with Crippen molar-refractivity contribution in [3.8, 4) is 0 Å². The molecule has 0 aliphatic carbocycles. The number of fused-ring (bicyclic) bond motifs is 1. The Balaban J connectivity index is 0.00000112. The predicted molar refractivity (Wildman–Crippen MR) is 48.9 cm³/mol. The maximum absolute atomic E-state index is 11.2. The molecule has 0 fully saturated rings. The number of benzene rings is 1. The van der Waals surface area contributed by atoms with Gasteiger partial charge in [-0.05, 0) is 21.6 Å². The molecule has 0 aliphatic heterocycles. The normalized spacial score (nSPS) is 9.33. The third-order valence-corrected chi connectivity index (χ3v) is 1.61. The van der Waals surface area contributed by atoms with Gasteiger partial charge in [0.25, 0.3) is 0 Å². The van der Waals surface area contributed by atoms with E-state index in [1.807, 2.05) is 0 Å². The van der Waals surface area contributed by atoms with Gasteiger partial charge in [0.15, 0.2) is 0 Å². The molecule has 15 heavy (non-hydrogen) atoms. The van der Waals surface area contributed by atoms with Crippen molar-refractivity contribution >= 4 is 62.2 Å². The van der Waals surface area contributed by atoms with Gasteiger partial charge in [0.2, 0.25) is 0 Å². The fourth-order valence-electron chi connectivity index (χ4n) is 1.02. The Morgan fingerprint density at radius 3 is 1.60 bits per heavy atom. The molecule has 2 aromatic rings. The molecule has 1 radical (unpaired) electrons. The smallest absolute Gasteiger partial charge is 0.241 e. The minimum atomic E-state index is -0.822. The predicted octanol–water partition coefficient (Wildman–Crippen LogP) is 0.676. The first kappa shape index (κ1) is 12.5. The summed E-state index contributed by atoms with van der Waals surface area (Å²) in [5.74, 6) is 0. The Morgan fingerprint density at radius 1 is 0.800 bits per heavy atom. The van der Waals surface area contributed by atoms with E-state index < -0.39 is 11.3 Å². The van der Waals surface area contributed by atoms with Crippen LogP contribution in [0.1, 0.15) is 0 Å². The van der Waals surface area contributed by atoms with E-state index in [4.69, 9.17) is 0 Å². The van der Waals surface area contributed by atoms with Gasteiger partial charge < -0.3 is 0 Å². The Hall–Kier alpha value is -0.604. The average Bonchev–Trinajstić information content (AvgIpc) is 2.22. The van der Waals surface area contributed by atoms with Gasteiger partial charge in [0, 0.05) is 51.4 Å². The van der Waals surface area contributed by atoms with Crippen molar-refractivity contribution in [3.05, 3.63) is 45.1 Å². The molecule has 1 aromatic heterocycles. The van der Waals surface area contributed by atoms with Crippen LogP contribution < -0.4 is 11.3 Å². The molecule has 0 unspecified atom stereocenters. The second kappa shape index (κ2) is 5.47. The summed E-state index contributed by atoms with van der Waals surface area (Å²) in [4.78, 5) is 22.3. The second-order valence-corrected chi connectivity index (χ2v) is 2.42. The summed E-state index contributed by atoms with van der Waals surface area (Å²) in [6.45, 7) is 0. The van der Waals surface area contributed by atoms with Gasteiger partial charge in [-0.2, -0.15) is 0 Å². The van der Waals surface area contributed by atoms with Gasteiger partial charge in [-0.15, -0.1) is 0 Å². The molecule has 6 nitrogen and oxygen atoms in total. The van der Waals surface area contributed by atoms with E-state index in [-0.39, 0.29) is 62.2 Å². The zero-order valence-electron chi connectivity index (χ0n) is 7.76. The molecule has 0 saturated heterocycles. The van der Waals surface area contributed by atoms with Crippen LogP contribution in [0.25, 0.3) is 10.8 Å². The van der Waals surface area contributed by atoms with Crippen molar-refractivity contribution in [1.29, 1.82) is 0 Å². The molecular weight excluding hydrogens is 231 g/mol. The van der Waals surface area contributed by atoms with Crippen LogP contribution in [0, 0.1) is 0 Å². The van der Waals surface area contributed by atoms with Crippen LogP contribution in [0.15, 0.2) is 52.5 Å². The number of hydrogen-bond acceptors (Lipinski definition) is 6. The molecule has 1 aromatic carbocycles. The SMILES string of the molecule is O=c1ooooc(=O)c2ccccc12.[K]. The minimum absolute atomic E-state index is 0. The van der Waals surface area contributed by atoms with Crippen LogP contribution in [0.3, 0.4) is 0 Å². The number of hydrogen-bond donors (Lipinski definition) is 0. The molecule has 73 valence electrons. The molecule has 0 aliphatic rings. The standard InChI is InChI=1S/C8H4O6.K/c9-7-5-3-1-2-4-6(5)8(10)12-14-13-11-7;/h1-4H;. The summed E-state index contributed by atoms with van der Waals surface area (Å²) in [6, 6.07) is 5.98. The van der Waals surface area contributed by atoms with Gasteiger partial charge >= 0.3 is 11.3 Å². The first-order valence-electron chi connectivity index (χ1n) is 3.64. The molecule has 0 saturated carbocycles. The van der Waals surface area contributed by atoms with Gasteiger partial charge in [-0.1, -0.05) is 12.1 Å².